The third-order valence-corrected chi connectivity index (χ3v) is 6.99. The Morgan fingerprint density at radius 3 is 2.50 bits per heavy atom. The maximum atomic E-state index is 13.6. The minimum atomic E-state index is -4.73. The van der Waals surface area contributed by atoms with Gasteiger partial charge in [-0.25, -0.2) is 18.2 Å². The van der Waals surface area contributed by atoms with Gasteiger partial charge in [-0.1, -0.05) is 47.2 Å². The van der Waals surface area contributed by atoms with Crippen molar-refractivity contribution in [2.75, 3.05) is 12.9 Å². The van der Waals surface area contributed by atoms with Crippen molar-refractivity contribution in [2.24, 2.45) is 10.7 Å². The van der Waals surface area contributed by atoms with E-state index in [1.807, 2.05) is 0 Å². The van der Waals surface area contributed by atoms with Crippen LogP contribution in [0.15, 0.2) is 69.1 Å². The maximum absolute atomic E-state index is 13.6. The highest BCUT2D eigenvalue weighted by atomic mass is 35.5. The summed E-state index contributed by atoms with van der Waals surface area (Å²) in [5.74, 6) is -0.995. The zero-order chi connectivity index (χ0) is 26.7. The van der Waals surface area contributed by atoms with E-state index >= 15 is 0 Å². The molecule has 0 radical (unpaired) electrons. The molecule has 0 amide bonds. The van der Waals surface area contributed by atoms with Gasteiger partial charge >= 0.3 is 12.1 Å². The number of nitrogens with two attached hydrogens (primary N) is 1. The number of benzene rings is 2. The van der Waals surface area contributed by atoms with E-state index in [0.717, 1.165) is 29.7 Å². The van der Waals surface area contributed by atoms with Gasteiger partial charge in [-0.2, -0.15) is 13.2 Å². The summed E-state index contributed by atoms with van der Waals surface area (Å²) >= 11 is 7.18. The van der Waals surface area contributed by atoms with E-state index in [-0.39, 0.29) is 27.2 Å². The number of carbonyl (C=O) groups is 1. The fourth-order valence-electron chi connectivity index (χ4n) is 2.84. The van der Waals surface area contributed by atoms with Gasteiger partial charge in [0.05, 0.1) is 27.8 Å². The van der Waals surface area contributed by atoms with Gasteiger partial charge in [-0.15, -0.1) is 10.2 Å². The number of allylic oxidation sites excluding steroid dienone is 1. The van der Waals surface area contributed by atoms with Crippen molar-refractivity contribution in [3.63, 3.8) is 0 Å². The van der Waals surface area contributed by atoms with E-state index in [1.54, 1.807) is 6.07 Å². The molecule has 0 fully saturated rings. The fraction of sp³-hybridized carbons (Fsp3) is 0.182. The van der Waals surface area contributed by atoms with Crippen molar-refractivity contribution < 1.29 is 31.1 Å². The minimum absolute atomic E-state index is 0.0211. The number of ether oxygens (including phenoxy) is 1. The van der Waals surface area contributed by atoms with E-state index in [1.165, 1.54) is 37.3 Å². The average Bonchev–Trinajstić information content (AvgIpc) is 3.31. The molecule has 0 aliphatic rings. The van der Waals surface area contributed by atoms with Crippen LogP contribution in [0, 0.1) is 0 Å². The topological polar surface area (TPSA) is 125 Å². The third kappa shape index (κ3) is 6.28. The Morgan fingerprint density at radius 1 is 1.17 bits per heavy atom. The quantitative estimate of drug-likeness (QED) is 0.253. The van der Waals surface area contributed by atoms with Gasteiger partial charge in [-0.3, -0.25) is 0 Å². The van der Waals surface area contributed by atoms with Crippen molar-refractivity contribution in [3.05, 3.63) is 69.8 Å². The second-order valence-electron chi connectivity index (χ2n) is 7.14. The summed E-state index contributed by atoms with van der Waals surface area (Å²) in [5, 5.41) is 7.64. The number of sulfone groups is 1. The molecule has 190 valence electrons. The van der Waals surface area contributed by atoms with E-state index in [9.17, 15) is 26.4 Å². The molecule has 0 spiro atoms. The van der Waals surface area contributed by atoms with Crippen LogP contribution in [0.3, 0.4) is 0 Å². The van der Waals surface area contributed by atoms with Crippen molar-refractivity contribution in [1.82, 2.24) is 10.2 Å². The third-order valence-electron chi connectivity index (χ3n) is 4.52. The molecule has 0 aliphatic carbocycles. The first-order valence-electron chi connectivity index (χ1n) is 10.0. The van der Waals surface area contributed by atoms with Crippen LogP contribution in [0.2, 0.25) is 0 Å². The van der Waals surface area contributed by atoms with Gasteiger partial charge in [0.2, 0.25) is 0 Å². The van der Waals surface area contributed by atoms with E-state index in [4.69, 9.17) is 22.1 Å². The molecule has 1 heterocycles. The highest BCUT2D eigenvalue weighted by Crippen LogP contribution is 2.37. The van der Waals surface area contributed by atoms with Gasteiger partial charge < -0.3 is 10.5 Å². The predicted molar refractivity (Wildman–Crippen MR) is 130 cm³/mol. The summed E-state index contributed by atoms with van der Waals surface area (Å²) in [6, 6.07) is 10.4. The van der Waals surface area contributed by atoms with Gasteiger partial charge in [0.25, 0.3) is 0 Å². The number of halogens is 4. The fourth-order valence-corrected chi connectivity index (χ4v) is 4.61. The molecule has 0 bridgehead atoms. The Kier molecular flexibility index (Phi) is 8.16. The Balaban J connectivity index is 2.20. The molecule has 2 N–H and O–H groups in total. The van der Waals surface area contributed by atoms with E-state index < -0.39 is 44.0 Å². The normalized spacial score (nSPS) is 13.3. The molecule has 0 saturated heterocycles. The van der Waals surface area contributed by atoms with Crippen LogP contribution in [-0.2, 0) is 25.5 Å². The maximum Gasteiger partial charge on any atom is 0.418 e. The first kappa shape index (κ1) is 27.3. The molecular weight excluding hydrogens is 541 g/mol. The molecule has 3 rings (SSSR count). The predicted octanol–water partition coefficient (Wildman–Crippen LogP) is 4.72. The van der Waals surface area contributed by atoms with Gasteiger partial charge in [0.15, 0.2) is 14.8 Å². The summed E-state index contributed by atoms with van der Waals surface area (Å²) in [7, 11) is -3.51. The first-order chi connectivity index (χ1) is 16.8. The second-order valence-corrected chi connectivity index (χ2v) is 10.5. The summed E-state index contributed by atoms with van der Waals surface area (Å²) < 4.78 is 69.3. The monoisotopic (exact) mass is 558 g/mol. The number of esters is 1. The lowest BCUT2D eigenvalue weighted by molar-refractivity contribution is -0.139. The van der Waals surface area contributed by atoms with Gasteiger partial charge in [0.1, 0.15) is 16.4 Å². The van der Waals surface area contributed by atoms with Crippen LogP contribution < -0.4 is 5.73 Å². The zero-order valence-corrected chi connectivity index (χ0v) is 21.1. The standard InChI is InChI=1S/C22H18ClF3N4O4S2/c1-3-34-21(31)17(27)16(23)18(28-15-10-5-4-9-14(15)22(24,25)26)20-30-29-19(35-20)12-7-6-8-13(11-12)36(2,32)33/h4-11H,3,27H2,1-2H3. The van der Waals surface area contributed by atoms with E-state index in [2.05, 4.69) is 15.2 Å². The number of hydrogen-bond donors (Lipinski definition) is 1. The molecule has 3 aromatic rings. The number of nitrogens with zero attached hydrogens (tertiary/aromatic N) is 3. The van der Waals surface area contributed by atoms with Gasteiger partial charge in [-0.05, 0) is 31.2 Å². The number of carbonyl (C=O) groups excluding carboxylic acids is 1. The minimum Gasteiger partial charge on any atom is -0.461 e. The number of para-hydroxylation sites is 1. The summed E-state index contributed by atoms with van der Waals surface area (Å²) in [6.07, 6.45) is -3.68. The molecule has 36 heavy (non-hydrogen) atoms. The second kappa shape index (κ2) is 10.8. The molecule has 8 nitrogen and oxygen atoms in total. The molecule has 14 heteroatoms. The van der Waals surface area contributed by atoms with Crippen LogP contribution in [-0.4, -0.2) is 43.2 Å². The average molecular weight is 559 g/mol. The van der Waals surface area contributed by atoms with Crippen LogP contribution >= 0.6 is 22.9 Å². The van der Waals surface area contributed by atoms with Crippen LogP contribution in [0.5, 0.6) is 0 Å². The van der Waals surface area contributed by atoms with Crippen molar-refractivity contribution in [3.8, 4) is 10.6 Å². The van der Waals surface area contributed by atoms with E-state index in [0.29, 0.717) is 5.56 Å². The molecule has 0 unspecified atom stereocenters. The zero-order valence-electron chi connectivity index (χ0n) is 18.7. The summed E-state index contributed by atoms with van der Waals surface area (Å²) in [6.45, 7) is 1.52. The molecule has 0 aliphatic heterocycles. The van der Waals surface area contributed by atoms with Crippen LogP contribution in [0.1, 0.15) is 17.5 Å². The molecular formula is C22H18ClF3N4O4S2. The Hall–Kier alpha value is -3.29. The highest BCUT2D eigenvalue weighted by molar-refractivity contribution is 7.90. The van der Waals surface area contributed by atoms with Crippen molar-refractivity contribution in [2.45, 2.75) is 18.0 Å². The lowest BCUT2D eigenvalue weighted by Gasteiger charge is -2.11. The number of aliphatic imine (C=N–C) groups is 1. The highest BCUT2D eigenvalue weighted by Gasteiger charge is 2.34. The van der Waals surface area contributed by atoms with Crippen molar-refractivity contribution >= 4 is 50.1 Å². The molecule has 0 atom stereocenters. The number of aromatic nitrogens is 2. The number of hydrogen-bond acceptors (Lipinski definition) is 9. The lowest BCUT2D eigenvalue weighted by Crippen LogP contribution is -2.19. The Labute approximate surface area is 213 Å². The first-order valence-corrected chi connectivity index (χ1v) is 13.1. The Morgan fingerprint density at radius 2 is 1.86 bits per heavy atom. The smallest absolute Gasteiger partial charge is 0.418 e. The number of alkyl halides is 3. The SMILES string of the molecule is CCOC(=O)C(N)=C(Cl)C(=Nc1ccccc1C(F)(F)F)c1nnc(-c2cccc(S(C)(=O)=O)c2)s1. The number of rotatable bonds is 7. The molecule has 1 aromatic heterocycles. The van der Waals surface area contributed by atoms with Crippen LogP contribution in [0.4, 0.5) is 18.9 Å². The van der Waals surface area contributed by atoms with Gasteiger partial charge in [0, 0.05) is 11.8 Å². The molecule has 0 saturated carbocycles. The van der Waals surface area contributed by atoms with Crippen molar-refractivity contribution in [1.29, 1.82) is 0 Å². The largest absolute Gasteiger partial charge is 0.461 e. The van der Waals surface area contributed by atoms with Crippen LogP contribution in [0.25, 0.3) is 10.6 Å². The molecule has 2 aromatic carbocycles. The lowest BCUT2D eigenvalue weighted by atomic mass is 10.1. The summed E-state index contributed by atoms with van der Waals surface area (Å²) in [4.78, 5) is 16.2. The summed E-state index contributed by atoms with van der Waals surface area (Å²) in [5.41, 5.74) is 3.72. The Bertz CT molecular complexity index is 1470.